The van der Waals surface area contributed by atoms with Crippen LogP contribution in [-0.2, 0) is 11.3 Å². The number of aryl methyl sites for hydroxylation is 1. The van der Waals surface area contributed by atoms with Crippen molar-refractivity contribution in [2.75, 3.05) is 7.11 Å². The maximum Gasteiger partial charge on any atom is 0.341 e. The Morgan fingerprint density at radius 1 is 1.47 bits per heavy atom. The number of esters is 1. The molecule has 0 saturated carbocycles. The van der Waals surface area contributed by atoms with Crippen molar-refractivity contribution in [2.45, 2.75) is 46.2 Å². The van der Waals surface area contributed by atoms with E-state index in [1.807, 2.05) is 0 Å². The summed E-state index contributed by atoms with van der Waals surface area (Å²) in [6, 6.07) is 2.23. The lowest BCUT2D eigenvalue weighted by molar-refractivity contribution is 0.0599. The third-order valence-corrected chi connectivity index (χ3v) is 2.92. The minimum atomic E-state index is -0.347. The smallest absolute Gasteiger partial charge is 0.341 e. The first-order valence-corrected chi connectivity index (χ1v) is 6.03. The molecule has 4 nitrogen and oxygen atoms in total. The molecule has 0 aliphatic carbocycles. The Labute approximate surface area is 102 Å². The van der Waals surface area contributed by atoms with Crippen LogP contribution in [0.15, 0.2) is 10.5 Å². The van der Waals surface area contributed by atoms with Crippen LogP contribution < -0.4 is 5.32 Å². The molecule has 0 aromatic carbocycles. The van der Waals surface area contributed by atoms with Gasteiger partial charge < -0.3 is 14.5 Å². The van der Waals surface area contributed by atoms with Gasteiger partial charge in [-0.25, -0.2) is 4.79 Å². The zero-order valence-corrected chi connectivity index (χ0v) is 11.0. The highest BCUT2D eigenvalue weighted by Gasteiger charge is 2.15. The molecule has 4 heteroatoms. The van der Waals surface area contributed by atoms with E-state index in [4.69, 9.17) is 4.42 Å². The first kappa shape index (κ1) is 13.8. The second-order valence-electron chi connectivity index (χ2n) is 4.07. The van der Waals surface area contributed by atoms with Crippen LogP contribution in [0.5, 0.6) is 0 Å². The van der Waals surface area contributed by atoms with Gasteiger partial charge in [0.25, 0.3) is 0 Å². The fraction of sp³-hybridized carbons (Fsp3) is 0.615. The molecule has 1 aromatic heterocycles. The van der Waals surface area contributed by atoms with Crippen LogP contribution in [0, 0.1) is 6.92 Å². The molecule has 96 valence electrons. The van der Waals surface area contributed by atoms with Crippen molar-refractivity contribution >= 4 is 5.97 Å². The average Bonchev–Trinajstić information content (AvgIpc) is 2.71. The molecule has 1 N–H and O–H groups in total. The number of ether oxygens (including phenoxy) is 1. The first-order chi connectivity index (χ1) is 8.12. The van der Waals surface area contributed by atoms with Crippen molar-refractivity contribution < 1.29 is 13.9 Å². The van der Waals surface area contributed by atoms with Crippen LogP contribution >= 0.6 is 0 Å². The number of hydrogen-bond donors (Lipinski definition) is 1. The molecule has 0 bridgehead atoms. The Bertz CT molecular complexity index is 367. The summed E-state index contributed by atoms with van der Waals surface area (Å²) in [5, 5.41) is 3.39. The predicted octanol–water partition coefficient (Wildman–Crippen LogP) is 2.65. The molecule has 0 amide bonds. The molecular formula is C13H21NO3. The topological polar surface area (TPSA) is 51.5 Å². The van der Waals surface area contributed by atoms with Crippen molar-refractivity contribution in [3.63, 3.8) is 0 Å². The van der Waals surface area contributed by atoms with Gasteiger partial charge in [0.2, 0.25) is 0 Å². The van der Waals surface area contributed by atoms with E-state index in [0.717, 1.165) is 18.6 Å². The maximum absolute atomic E-state index is 11.4. The van der Waals surface area contributed by atoms with Crippen LogP contribution in [-0.4, -0.2) is 19.1 Å². The minimum absolute atomic E-state index is 0.347. The monoisotopic (exact) mass is 239 g/mol. The molecule has 0 saturated heterocycles. The quantitative estimate of drug-likeness (QED) is 0.775. The highest BCUT2D eigenvalue weighted by Crippen LogP contribution is 2.15. The Hall–Kier alpha value is -1.29. The molecular weight excluding hydrogens is 218 g/mol. The number of carbonyl (C=O) groups is 1. The molecule has 1 rings (SSSR count). The van der Waals surface area contributed by atoms with E-state index in [0.29, 0.717) is 23.9 Å². The van der Waals surface area contributed by atoms with Crippen LogP contribution in [0.1, 0.15) is 48.6 Å². The largest absolute Gasteiger partial charge is 0.465 e. The Morgan fingerprint density at radius 2 is 2.12 bits per heavy atom. The average molecular weight is 239 g/mol. The summed E-state index contributed by atoms with van der Waals surface area (Å²) in [4.78, 5) is 11.4. The molecule has 17 heavy (non-hydrogen) atoms. The second kappa shape index (κ2) is 6.45. The van der Waals surface area contributed by atoms with Crippen LogP contribution in [0.2, 0.25) is 0 Å². The molecule has 0 spiro atoms. The van der Waals surface area contributed by atoms with Crippen molar-refractivity contribution in [3.8, 4) is 0 Å². The fourth-order valence-electron chi connectivity index (χ4n) is 1.77. The van der Waals surface area contributed by atoms with E-state index in [-0.39, 0.29) is 5.97 Å². The summed E-state index contributed by atoms with van der Waals surface area (Å²) in [6.07, 6.45) is 2.17. The second-order valence-corrected chi connectivity index (χ2v) is 4.07. The zero-order valence-electron chi connectivity index (χ0n) is 11.0. The van der Waals surface area contributed by atoms with E-state index in [2.05, 4.69) is 23.9 Å². The van der Waals surface area contributed by atoms with Gasteiger partial charge in [-0.1, -0.05) is 13.8 Å². The summed E-state index contributed by atoms with van der Waals surface area (Å²) in [5.41, 5.74) is 0.508. The van der Waals surface area contributed by atoms with E-state index in [9.17, 15) is 4.79 Å². The predicted molar refractivity (Wildman–Crippen MR) is 66.0 cm³/mol. The van der Waals surface area contributed by atoms with Gasteiger partial charge in [0.05, 0.1) is 13.7 Å². The van der Waals surface area contributed by atoms with Gasteiger partial charge in [0.15, 0.2) is 0 Å². The number of furan rings is 1. The van der Waals surface area contributed by atoms with Gasteiger partial charge in [-0.2, -0.15) is 0 Å². The highest BCUT2D eigenvalue weighted by molar-refractivity contribution is 5.90. The summed E-state index contributed by atoms with van der Waals surface area (Å²) in [7, 11) is 1.37. The highest BCUT2D eigenvalue weighted by atomic mass is 16.5. The third-order valence-electron chi connectivity index (χ3n) is 2.92. The van der Waals surface area contributed by atoms with Gasteiger partial charge in [0, 0.05) is 6.04 Å². The molecule has 0 aliphatic heterocycles. The molecule has 1 heterocycles. The Balaban J connectivity index is 2.64. The number of nitrogens with one attached hydrogen (secondary N) is 1. The van der Waals surface area contributed by atoms with Gasteiger partial charge >= 0.3 is 5.97 Å². The summed E-state index contributed by atoms with van der Waals surface area (Å²) >= 11 is 0. The van der Waals surface area contributed by atoms with Crippen molar-refractivity contribution in [3.05, 3.63) is 23.2 Å². The van der Waals surface area contributed by atoms with E-state index in [1.165, 1.54) is 7.11 Å². The normalized spacial score (nSPS) is 10.9. The lowest BCUT2D eigenvalue weighted by atomic mass is 10.2. The number of rotatable bonds is 6. The molecule has 0 unspecified atom stereocenters. The lowest BCUT2D eigenvalue weighted by Gasteiger charge is -2.12. The summed E-state index contributed by atoms with van der Waals surface area (Å²) in [6.45, 7) is 6.71. The van der Waals surface area contributed by atoms with Crippen molar-refractivity contribution in [2.24, 2.45) is 0 Å². The molecule has 0 aliphatic rings. The number of hydrogen-bond acceptors (Lipinski definition) is 4. The summed E-state index contributed by atoms with van der Waals surface area (Å²) < 4.78 is 10.2. The Morgan fingerprint density at radius 3 is 2.65 bits per heavy atom. The summed E-state index contributed by atoms with van der Waals surface area (Å²) in [5.74, 6) is 1.04. The van der Waals surface area contributed by atoms with E-state index < -0.39 is 0 Å². The standard InChI is InChI=1S/C13H21NO3/c1-5-10(6-2)14-8-11-7-12(9(3)17-11)13(15)16-4/h7,10,14H,5-6,8H2,1-4H3. The number of carbonyl (C=O) groups excluding carboxylic acids is 1. The third kappa shape index (κ3) is 3.60. The van der Waals surface area contributed by atoms with Crippen molar-refractivity contribution in [1.82, 2.24) is 5.32 Å². The first-order valence-electron chi connectivity index (χ1n) is 6.03. The van der Waals surface area contributed by atoms with Crippen molar-refractivity contribution in [1.29, 1.82) is 0 Å². The van der Waals surface area contributed by atoms with E-state index >= 15 is 0 Å². The Kier molecular flexibility index (Phi) is 5.22. The minimum Gasteiger partial charge on any atom is -0.465 e. The van der Waals surface area contributed by atoms with Gasteiger partial charge in [-0.3, -0.25) is 0 Å². The van der Waals surface area contributed by atoms with Crippen LogP contribution in [0.3, 0.4) is 0 Å². The SMILES string of the molecule is CCC(CC)NCc1cc(C(=O)OC)c(C)o1. The molecule has 1 aromatic rings. The van der Waals surface area contributed by atoms with Crippen LogP contribution in [0.4, 0.5) is 0 Å². The van der Waals surface area contributed by atoms with Crippen LogP contribution in [0.25, 0.3) is 0 Å². The van der Waals surface area contributed by atoms with Gasteiger partial charge in [-0.15, -0.1) is 0 Å². The lowest BCUT2D eigenvalue weighted by Crippen LogP contribution is -2.26. The fourth-order valence-corrected chi connectivity index (χ4v) is 1.77. The molecule has 0 fully saturated rings. The zero-order chi connectivity index (χ0) is 12.8. The number of methoxy groups -OCH3 is 1. The maximum atomic E-state index is 11.4. The van der Waals surface area contributed by atoms with E-state index in [1.54, 1.807) is 13.0 Å². The van der Waals surface area contributed by atoms with Gasteiger partial charge in [-0.05, 0) is 25.8 Å². The molecule has 0 atom stereocenters. The molecule has 0 radical (unpaired) electrons. The van der Waals surface area contributed by atoms with Gasteiger partial charge in [0.1, 0.15) is 17.1 Å².